The van der Waals surface area contributed by atoms with Crippen molar-refractivity contribution < 1.29 is 18.9 Å². The van der Waals surface area contributed by atoms with E-state index >= 15 is 0 Å². The number of piperidine rings is 1. The molecule has 0 aromatic carbocycles. The Hall–Kier alpha value is -2.68. The van der Waals surface area contributed by atoms with Crippen molar-refractivity contribution in [1.29, 1.82) is 0 Å². The number of aromatic nitrogens is 2. The lowest BCUT2D eigenvalue weighted by atomic mass is 9.87. The second kappa shape index (κ2) is 12.9. The molecule has 3 aliphatic rings. The number of hydrogen-bond donors (Lipinski definition) is 1. The van der Waals surface area contributed by atoms with Crippen LogP contribution in [0.3, 0.4) is 0 Å². The van der Waals surface area contributed by atoms with Gasteiger partial charge in [-0.05, 0) is 63.9 Å². The first-order valence-electron chi connectivity index (χ1n) is 12.7. The van der Waals surface area contributed by atoms with Gasteiger partial charge in [-0.15, -0.1) is 11.6 Å². The molecule has 4 rings (SSSR count). The van der Waals surface area contributed by atoms with E-state index in [0.29, 0.717) is 34.2 Å². The molecule has 2 heterocycles. The Balaban J connectivity index is 1.44. The van der Waals surface area contributed by atoms with Crippen molar-refractivity contribution in [3.63, 3.8) is 0 Å². The van der Waals surface area contributed by atoms with Crippen LogP contribution < -0.4 is 10.1 Å². The van der Waals surface area contributed by atoms with Crippen molar-refractivity contribution in [2.45, 2.75) is 31.6 Å². The van der Waals surface area contributed by atoms with E-state index in [1.807, 2.05) is 0 Å². The Morgan fingerprint density at radius 3 is 2.34 bits per heavy atom. The van der Waals surface area contributed by atoms with Gasteiger partial charge in [0.25, 0.3) is 0 Å². The highest BCUT2D eigenvalue weighted by molar-refractivity contribution is 6.32. The largest absolute Gasteiger partial charge is 0.499 e. The maximum atomic E-state index is 6.57. The van der Waals surface area contributed by atoms with E-state index < -0.39 is 5.38 Å². The molecule has 1 fully saturated rings. The summed E-state index contributed by atoms with van der Waals surface area (Å²) in [7, 11) is 6.99. The van der Waals surface area contributed by atoms with Crippen molar-refractivity contribution >= 4 is 29.2 Å². The fraction of sp³-hybridized carbons (Fsp3) is 0.500. The maximum Gasteiger partial charge on any atom is 0.227 e. The normalized spacial score (nSPS) is 23.3. The number of likely N-dealkylation sites (tertiary alicyclic amines) is 1. The van der Waals surface area contributed by atoms with Crippen LogP contribution in [0.5, 0.6) is 5.75 Å². The molecule has 8 nitrogen and oxygen atoms in total. The van der Waals surface area contributed by atoms with Gasteiger partial charge in [-0.2, -0.15) is 0 Å². The molecule has 1 aliphatic heterocycles. The lowest BCUT2D eigenvalue weighted by molar-refractivity contribution is 0.212. The lowest BCUT2D eigenvalue weighted by Crippen LogP contribution is -2.30. The minimum absolute atomic E-state index is 0.210. The monoisotopic (exact) mass is 562 g/mol. The number of hydrogen-bond acceptors (Lipinski definition) is 8. The average molecular weight is 564 g/mol. The van der Waals surface area contributed by atoms with Crippen molar-refractivity contribution in [3.05, 3.63) is 69.8 Å². The summed E-state index contributed by atoms with van der Waals surface area (Å²) >= 11 is 13.1. The molecule has 10 heteroatoms. The van der Waals surface area contributed by atoms with Crippen LogP contribution >= 0.6 is 23.2 Å². The lowest BCUT2D eigenvalue weighted by Gasteiger charge is -2.30. The fourth-order valence-electron chi connectivity index (χ4n) is 4.88. The van der Waals surface area contributed by atoms with Crippen molar-refractivity contribution in [3.8, 4) is 5.75 Å². The average Bonchev–Trinajstić information content (AvgIpc) is 3.08. The third kappa shape index (κ3) is 6.47. The van der Waals surface area contributed by atoms with Crippen LogP contribution in [-0.4, -0.2) is 68.3 Å². The van der Waals surface area contributed by atoms with Gasteiger partial charge >= 0.3 is 0 Å². The predicted octanol–water partition coefficient (Wildman–Crippen LogP) is 5.61. The van der Waals surface area contributed by atoms with Gasteiger partial charge in [0.15, 0.2) is 5.75 Å². The topological polar surface area (TPSA) is 78.0 Å². The van der Waals surface area contributed by atoms with Gasteiger partial charge in [0.1, 0.15) is 22.7 Å². The number of methoxy groups -OCH3 is 3. The third-order valence-electron chi connectivity index (χ3n) is 7.27. The summed E-state index contributed by atoms with van der Waals surface area (Å²) in [6.45, 7) is 4.53. The van der Waals surface area contributed by atoms with E-state index in [4.69, 9.17) is 42.1 Å². The zero-order chi connectivity index (χ0) is 27.2. The summed E-state index contributed by atoms with van der Waals surface area (Å²) in [5.41, 5.74) is 3.36. The van der Waals surface area contributed by atoms with E-state index in [-0.39, 0.29) is 12.5 Å². The molecule has 1 N–H and O–H groups in total. The van der Waals surface area contributed by atoms with E-state index in [1.54, 1.807) is 39.8 Å². The van der Waals surface area contributed by atoms with Crippen molar-refractivity contribution in [2.75, 3.05) is 53.4 Å². The third-order valence-corrected chi connectivity index (χ3v) is 8.26. The first-order chi connectivity index (χ1) is 18.3. The van der Waals surface area contributed by atoms with Gasteiger partial charge < -0.3 is 29.2 Å². The number of alkyl halides is 1. The van der Waals surface area contributed by atoms with Crippen molar-refractivity contribution in [1.82, 2.24) is 14.9 Å². The molecule has 0 bridgehead atoms. The number of anilines is 1. The standard InChI is InChI=1S/C28H36Cl2N4O4/c1-17-6-7-19(18-8-10-34(2)11-9-18)12-24(37-5)27(17)33-28-31-14-20(15-32-28)38-16-21-25(29)22(35-3)13-23(36-4)26(21)30/h6,12-15,18,21,25H,7-11,16H2,1-5H3,(H,31,32,33). The molecule has 1 aromatic heterocycles. The minimum Gasteiger partial charge on any atom is -0.499 e. The molecular formula is C28H36Cl2N4O4. The van der Waals surface area contributed by atoms with Gasteiger partial charge in [-0.1, -0.05) is 23.3 Å². The van der Waals surface area contributed by atoms with Crippen LogP contribution in [0.2, 0.25) is 0 Å². The van der Waals surface area contributed by atoms with Gasteiger partial charge in [0.2, 0.25) is 5.95 Å². The summed E-state index contributed by atoms with van der Waals surface area (Å²) in [4.78, 5) is 11.3. The van der Waals surface area contributed by atoms with Gasteiger partial charge in [0.05, 0.1) is 57.0 Å². The molecule has 2 aliphatic carbocycles. The predicted molar refractivity (Wildman–Crippen MR) is 150 cm³/mol. The molecule has 38 heavy (non-hydrogen) atoms. The van der Waals surface area contributed by atoms with Crippen LogP contribution in [0.1, 0.15) is 26.2 Å². The maximum absolute atomic E-state index is 6.57. The number of nitrogens with one attached hydrogen (secondary N) is 1. The molecule has 0 radical (unpaired) electrons. The minimum atomic E-state index is -0.481. The zero-order valence-corrected chi connectivity index (χ0v) is 24.1. The van der Waals surface area contributed by atoms with Gasteiger partial charge in [-0.3, -0.25) is 0 Å². The smallest absolute Gasteiger partial charge is 0.227 e. The Bertz CT molecular complexity index is 1150. The SMILES string of the molecule is COC1=CC(OC)=C(Cl)C(COc2cnc(NC3=C(OC)C=C(C4CCN(C)CC4)CC=C3C)nc2)C1Cl. The molecule has 0 saturated carbocycles. The van der Waals surface area contributed by atoms with Crippen LogP contribution in [0, 0.1) is 11.8 Å². The van der Waals surface area contributed by atoms with E-state index in [2.05, 4.69) is 46.3 Å². The quantitative estimate of drug-likeness (QED) is 0.389. The zero-order valence-electron chi connectivity index (χ0n) is 22.6. The Kier molecular flexibility index (Phi) is 9.63. The highest BCUT2D eigenvalue weighted by atomic mass is 35.5. The molecule has 0 spiro atoms. The molecule has 2 atom stereocenters. The molecular weight excluding hydrogens is 527 g/mol. The van der Waals surface area contributed by atoms with Crippen LogP contribution in [-0.2, 0) is 14.2 Å². The molecule has 1 aromatic rings. The molecule has 1 saturated heterocycles. The Labute approximate surface area is 235 Å². The van der Waals surface area contributed by atoms with E-state index in [0.717, 1.165) is 36.5 Å². The summed E-state index contributed by atoms with van der Waals surface area (Å²) < 4.78 is 22.5. The first kappa shape index (κ1) is 28.3. The number of allylic oxidation sites excluding steroid dienone is 6. The Morgan fingerprint density at radius 2 is 1.71 bits per heavy atom. The van der Waals surface area contributed by atoms with Crippen LogP contribution in [0.4, 0.5) is 5.95 Å². The number of halogens is 2. The van der Waals surface area contributed by atoms with E-state index in [1.165, 1.54) is 18.4 Å². The highest BCUT2D eigenvalue weighted by Gasteiger charge is 2.34. The second-order valence-corrected chi connectivity index (χ2v) is 10.6. The fourth-order valence-corrected chi connectivity index (χ4v) is 5.61. The number of nitrogens with zero attached hydrogens (tertiary/aromatic N) is 3. The highest BCUT2D eigenvalue weighted by Crippen LogP contribution is 2.37. The number of ether oxygens (including phenoxy) is 4. The summed E-state index contributed by atoms with van der Waals surface area (Å²) in [5, 5.41) is 3.34. The number of rotatable bonds is 9. The van der Waals surface area contributed by atoms with Gasteiger partial charge in [0, 0.05) is 6.08 Å². The van der Waals surface area contributed by atoms with Crippen LogP contribution in [0.25, 0.3) is 0 Å². The van der Waals surface area contributed by atoms with Gasteiger partial charge in [-0.25, -0.2) is 9.97 Å². The molecule has 206 valence electrons. The van der Waals surface area contributed by atoms with Crippen molar-refractivity contribution in [2.24, 2.45) is 11.8 Å². The Morgan fingerprint density at radius 1 is 1.03 bits per heavy atom. The second-order valence-electron chi connectivity index (χ2n) is 9.69. The summed E-state index contributed by atoms with van der Waals surface area (Å²) in [6.07, 6.45) is 12.6. The molecule has 0 amide bonds. The van der Waals surface area contributed by atoms with Crippen LogP contribution in [0.15, 0.2) is 69.8 Å². The summed E-state index contributed by atoms with van der Waals surface area (Å²) in [6, 6.07) is 0. The molecule has 2 unspecified atom stereocenters. The van der Waals surface area contributed by atoms with E-state index in [9.17, 15) is 0 Å². The summed E-state index contributed by atoms with van der Waals surface area (Å²) in [5.74, 6) is 3.04. The first-order valence-corrected chi connectivity index (χ1v) is 13.6.